The van der Waals surface area contributed by atoms with Gasteiger partial charge in [0.15, 0.2) is 0 Å². The van der Waals surface area contributed by atoms with E-state index in [9.17, 15) is 72.5 Å². The number of likely N-dealkylation sites (tertiary alicyclic amines) is 1. The summed E-state index contributed by atoms with van der Waals surface area (Å²) >= 11 is 2.91. The van der Waals surface area contributed by atoms with Crippen LogP contribution in [0.15, 0.2) is 54.6 Å². The second-order valence-corrected chi connectivity index (χ2v) is 26.9. The molecule has 534 valence electrons. The normalized spacial score (nSPS) is 20.0. The van der Waals surface area contributed by atoms with E-state index in [-0.39, 0.29) is 105 Å². The maximum absolute atomic E-state index is 15.3. The predicted molar refractivity (Wildman–Crippen MR) is 358 cm³/mol. The largest absolute Gasteiger partial charge is 0.508 e. The molecule has 0 aromatic heterocycles. The number of benzene rings is 2. The molecule has 0 radical (unpaired) electrons. The number of phenols is 1. The van der Waals surface area contributed by atoms with Crippen LogP contribution in [0.2, 0.25) is 0 Å². The van der Waals surface area contributed by atoms with Crippen molar-refractivity contribution in [1.29, 1.82) is 0 Å². The van der Waals surface area contributed by atoms with Crippen LogP contribution in [0.25, 0.3) is 0 Å². The van der Waals surface area contributed by atoms with Crippen LogP contribution in [0.1, 0.15) is 95.1 Å². The van der Waals surface area contributed by atoms with E-state index < -0.39 is 151 Å². The van der Waals surface area contributed by atoms with E-state index in [0.29, 0.717) is 61.8 Å². The lowest BCUT2D eigenvalue weighted by atomic mass is 10.00. The molecule has 1 heterocycles. The highest BCUT2D eigenvalue weighted by Gasteiger charge is 2.50. The minimum absolute atomic E-state index is 0.00343. The summed E-state index contributed by atoms with van der Waals surface area (Å²) in [5.74, 6) is -9.86. The number of primary amides is 3. The van der Waals surface area contributed by atoms with E-state index in [2.05, 4.69) is 53.2 Å². The van der Waals surface area contributed by atoms with E-state index in [1.807, 2.05) is 0 Å². The number of carbonyl (C=O) groups is 14. The highest BCUT2D eigenvalue weighted by molar-refractivity contribution is 8.03. The molecule has 0 spiro atoms. The molecule has 22 N–H and O–H groups in total. The average Bonchev–Trinajstić information content (AvgIpc) is 1.63. The van der Waals surface area contributed by atoms with E-state index in [0.717, 1.165) is 6.42 Å². The molecular formula is C63H94N16O16S2. The number of thioether (sulfide) groups is 2. The van der Waals surface area contributed by atoms with Gasteiger partial charge in [0, 0.05) is 60.5 Å². The van der Waals surface area contributed by atoms with Crippen LogP contribution >= 0.6 is 23.5 Å². The Morgan fingerprint density at radius 1 is 0.577 bits per heavy atom. The van der Waals surface area contributed by atoms with Crippen LogP contribution in [0, 0.1) is 17.8 Å². The Labute approximate surface area is 570 Å². The van der Waals surface area contributed by atoms with Gasteiger partial charge in [-0.05, 0) is 119 Å². The molecule has 2 aromatic carbocycles. The number of hydrogen-bond acceptors (Lipinski definition) is 20. The molecule has 2 saturated carbocycles. The first-order valence-electron chi connectivity index (χ1n) is 32.4. The SMILES string of the molecule is CC(CSC1CCC2C(CO)C2CCC1SCC(NC(=O)C(CC(N)=O)NC(=O)C(CCC(N)=O)NC(=O)C(Cc1ccccc1)NC(=O)C(Cc1ccc(O)cc1)NC=O)C(=O)N1CCCC1C(=O)NC(CCCCN)C(=O)NCC(N)=O)NC(=O)CNC(=O)CNC(=O)CN. The molecule has 32 nitrogen and oxygen atoms in total. The Morgan fingerprint density at radius 3 is 1.76 bits per heavy atom. The van der Waals surface area contributed by atoms with Gasteiger partial charge in [0.05, 0.1) is 32.6 Å². The van der Waals surface area contributed by atoms with Gasteiger partial charge >= 0.3 is 0 Å². The molecule has 2 aromatic rings. The molecule has 1 aliphatic heterocycles. The molecule has 2 aliphatic carbocycles. The summed E-state index contributed by atoms with van der Waals surface area (Å²) in [6, 6.07) is 3.70. The fourth-order valence-corrected chi connectivity index (χ4v) is 14.8. The second kappa shape index (κ2) is 40.8. The van der Waals surface area contributed by atoms with Gasteiger partial charge in [-0.15, -0.1) is 0 Å². The Morgan fingerprint density at radius 2 is 1.14 bits per heavy atom. The number of carbonyl (C=O) groups excluding carboxylic acids is 14. The smallest absolute Gasteiger partial charge is 0.246 e. The molecule has 13 atom stereocenters. The van der Waals surface area contributed by atoms with Gasteiger partial charge in [-0.1, -0.05) is 42.5 Å². The van der Waals surface area contributed by atoms with Crippen LogP contribution in [-0.4, -0.2) is 215 Å². The van der Waals surface area contributed by atoms with Crippen molar-refractivity contribution in [2.24, 2.45) is 46.4 Å². The second-order valence-electron chi connectivity index (χ2n) is 24.3. The van der Waals surface area contributed by atoms with Crippen molar-refractivity contribution in [3.8, 4) is 5.75 Å². The highest BCUT2D eigenvalue weighted by atomic mass is 32.2. The molecule has 3 aliphatic rings. The maximum Gasteiger partial charge on any atom is 0.246 e. The lowest BCUT2D eigenvalue weighted by Gasteiger charge is -2.33. The molecule has 3 fully saturated rings. The number of rotatable bonds is 42. The lowest BCUT2D eigenvalue weighted by molar-refractivity contribution is -0.142. The number of unbranched alkanes of at least 4 members (excludes halogenated alkanes) is 1. The number of fused-ring (bicyclic) bond motifs is 1. The quantitative estimate of drug-likeness (QED) is 0.0218. The molecule has 97 heavy (non-hydrogen) atoms. The van der Waals surface area contributed by atoms with Gasteiger partial charge in [-0.3, -0.25) is 67.1 Å². The molecule has 13 unspecified atom stereocenters. The zero-order valence-corrected chi connectivity index (χ0v) is 55.9. The van der Waals surface area contributed by atoms with Gasteiger partial charge in [0.25, 0.3) is 0 Å². The average molecular weight is 1400 g/mol. The molecule has 14 amide bonds. The van der Waals surface area contributed by atoms with Crippen LogP contribution in [0.4, 0.5) is 0 Å². The van der Waals surface area contributed by atoms with Crippen LogP contribution in [0.5, 0.6) is 5.75 Å². The van der Waals surface area contributed by atoms with Crippen molar-refractivity contribution in [1.82, 2.24) is 58.1 Å². The Bertz CT molecular complexity index is 3050. The number of aromatic hydroxyl groups is 1. The summed E-state index contributed by atoms with van der Waals surface area (Å²) in [5, 5.41) is 45.3. The van der Waals surface area contributed by atoms with Crippen molar-refractivity contribution >= 4 is 107 Å². The Balaban J connectivity index is 1.44. The third-order valence-electron chi connectivity index (χ3n) is 16.9. The van der Waals surface area contributed by atoms with Crippen molar-refractivity contribution in [2.75, 3.05) is 57.4 Å². The number of nitrogens with two attached hydrogens (primary N) is 5. The number of amides is 14. The van der Waals surface area contributed by atoms with Crippen molar-refractivity contribution in [2.45, 2.75) is 156 Å². The summed E-state index contributed by atoms with van der Waals surface area (Å²) in [5.41, 5.74) is 28.6. The van der Waals surface area contributed by atoms with Crippen molar-refractivity contribution in [3.63, 3.8) is 0 Å². The summed E-state index contributed by atoms with van der Waals surface area (Å²) < 4.78 is 0. The van der Waals surface area contributed by atoms with E-state index in [1.165, 1.54) is 40.9 Å². The molecule has 5 rings (SSSR count). The fraction of sp³-hybridized carbons (Fsp3) is 0.587. The number of aliphatic hydroxyl groups excluding tert-OH is 1. The number of aliphatic hydroxyl groups is 1. The van der Waals surface area contributed by atoms with Gasteiger partial charge in [0.2, 0.25) is 83.2 Å². The number of nitrogens with one attached hydrogen (secondary N) is 10. The third-order valence-corrected chi connectivity index (χ3v) is 20.3. The van der Waals surface area contributed by atoms with Crippen molar-refractivity contribution < 1.29 is 77.3 Å². The summed E-state index contributed by atoms with van der Waals surface area (Å²) in [7, 11) is 0. The first-order chi connectivity index (χ1) is 46.3. The first kappa shape index (κ1) is 79.1. The minimum atomic E-state index is -1.87. The van der Waals surface area contributed by atoms with Crippen molar-refractivity contribution in [3.05, 3.63) is 65.7 Å². The van der Waals surface area contributed by atoms with Crippen LogP contribution in [0.3, 0.4) is 0 Å². The molecule has 1 saturated heterocycles. The van der Waals surface area contributed by atoms with E-state index >= 15 is 4.79 Å². The van der Waals surface area contributed by atoms with E-state index in [1.54, 1.807) is 49.0 Å². The van der Waals surface area contributed by atoms with Gasteiger partial charge < -0.3 is 96.9 Å². The lowest BCUT2D eigenvalue weighted by Crippen LogP contribution is -2.61. The van der Waals surface area contributed by atoms with Crippen LogP contribution < -0.4 is 81.8 Å². The van der Waals surface area contributed by atoms with Gasteiger partial charge in [-0.25, -0.2) is 0 Å². The van der Waals surface area contributed by atoms with Gasteiger partial charge in [0.1, 0.15) is 48.0 Å². The summed E-state index contributed by atoms with van der Waals surface area (Å²) in [6.45, 7) is 0.498. The standard InChI is InChI=1S/C63H94N16O16S2/c1-35(73-56(88)30-70-55(87)29-69-54(86)27-65)32-96-49-19-16-39-40(41(39)31-80)17-20-50(49)97-33-47(63(95)79-23-7-11-48(79)62(94)75-42(10-5-6-22-64)57(89)71-28-53(68)85)78-61(93)46(26-52(67)84)77-58(90)43(18-21-51(66)83)74-60(92)45(25-36-8-3-2-4-9-36)76-59(91)44(72-34-81)24-37-12-14-38(82)15-13-37/h2-4,8-9,12-15,34-35,39-50,80,82H,5-7,10-11,16-33,64-65H2,1H3,(H2,66,83)(H2,67,84)(H2,68,85)(H,69,86)(H,70,87)(H,71,89)(H,72,81)(H,73,88)(H,74,92)(H,75,94)(H,76,91)(H,77,90)(H,78,93). The zero-order chi connectivity index (χ0) is 71.1. The number of nitrogens with zero attached hydrogens (tertiary/aromatic N) is 1. The Kier molecular flexibility index (Phi) is 33.3. The minimum Gasteiger partial charge on any atom is -0.508 e. The van der Waals surface area contributed by atoms with Crippen LogP contribution in [-0.2, 0) is 80.0 Å². The third kappa shape index (κ3) is 27.1. The predicted octanol–water partition coefficient (Wildman–Crippen LogP) is -5.09. The number of phenolic OH excluding ortho intramolecular Hbond substituents is 1. The topological polar surface area (TPSA) is 533 Å². The molecule has 0 bridgehead atoms. The highest BCUT2D eigenvalue weighted by Crippen LogP contribution is 2.55. The Hall–Kier alpha value is -8.60. The van der Waals surface area contributed by atoms with E-state index in [4.69, 9.17) is 28.7 Å². The first-order valence-corrected chi connectivity index (χ1v) is 34.5. The maximum atomic E-state index is 15.3. The summed E-state index contributed by atoms with van der Waals surface area (Å²) in [6.07, 6.45) is 2.36. The molecule has 34 heteroatoms. The molecular weight excluding hydrogens is 1300 g/mol. The zero-order valence-electron chi connectivity index (χ0n) is 54.3. The fourth-order valence-electron chi connectivity index (χ4n) is 11.8. The monoisotopic (exact) mass is 1390 g/mol. The summed E-state index contributed by atoms with van der Waals surface area (Å²) in [4.78, 5) is 188. The number of hydrogen-bond donors (Lipinski definition) is 17. The van der Waals surface area contributed by atoms with Gasteiger partial charge in [-0.2, -0.15) is 23.5 Å².